The van der Waals surface area contributed by atoms with Gasteiger partial charge in [-0.1, -0.05) is 87.3 Å². The Morgan fingerprint density at radius 3 is 2.11 bits per heavy atom. The van der Waals surface area contributed by atoms with Gasteiger partial charge in [0.05, 0.1) is 0 Å². The third kappa shape index (κ3) is 10.2. The van der Waals surface area contributed by atoms with E-state index in [1.54, 1.807) is 6.08 Å². The highest BCUT2D eigenvalue weighted by molar-refractivity contribution is 5.66. The Hall–Kier alpha value is -2.22. The van der Waals surface area contributed by atoms with Crippen molar-refractivity contribution in [2.45, 2.75) is 127 Å². The van der Waals surface area contributed by atoms with Crippen molar-refractivity contribution in [3.8, 4) is 0 Å². The molecule has 0 aromatic heterocycles. The summed E-state index contributed by atoms with van der Waals surface area (Å²) < 4.78 is 27.7. The molecular weight excluding hydrogens is 470 g/mol. The smallest absolute Gasteiger partial charge is 0.202 e. The van der Waals surface area contributed by atoms with Gasteiger partial charge in [0, 0.05) is 6.92 Å². The standard InChI is InChI=1S/C36H54F2/c1-13-16-33-30(11)34(26(7)14-2)23-32(18-17-31(15-3)22-29(10)36(12,37)38)35(33)21-28(9)27(8)20-25(6)19-24(4)5/h15,19-23,25-26H,13-14,16-18H2,1-12H3/b27-20+,28-21+,29-22+,31-15-. The maximum atomic E-state index is 13.9. The van der Waals surface area contributed by atoms with Crippen LogP contribution in [0.25, 0.3) is 6.08 Å². The second kappa shape index (κ2) is 15.4. The third-order valence-corrected chi connectivity index (χ3v) is 7.77. The van der Waals surface area contributed by atoms with E-state index in [9.17, 15) is 8.78 Å². The lowest BCUT2D eigenvalue weighted by atomic mass is 9.82. The fourth-order valence-electron chi connectivity index (χ4n) is 5.05. The van der Waals surface area contributed by atoms with Gasteiger partial charge in [-0.2, -0.15) is 0 Å². The van der Waals surface area contributed by atoms with E-state index in [1.807, 2.05) is 13.0 Å². The molecule has 2 atom stereocenters. The highest BCUT2D eigenvalue weighted by Crippen LogP contribution is 2.34. The maximum absolute atomic E-state index is 13.9. The highest BCUT2D eigenvalue weighted by atomic mass is 19.3. The molecule has 0 amide bonds. The molecule has 0 spiro atoms. The number of hydrogen-bond acceptors (Lipinski definition) is 0. The summed E-state index contributed by atoms with van der Waals surface area (Å²) in [7, 11) is 0. The molecule has 38 heavy (non-hydrogen) atoms. The van der Waals surface area contributed by atoms with Crippen molar-refractivity contribution in [1.82, 2.24) is 0 Å². The Balaban J connectivity index is 3.72. The second-order valence-corrected chi connectivity index (χ2v) is 11.6. The van der Waals surface area contributed by atoms with Crippen LogP contribution in [0.1, 0.15) is 129 Å². The Morgan fingerprint density at radius 2 is 1.61 bits per heavy atom. The zero-order valence-corrected chi connectivity index (χ0v) is 26.4. The van der Waals surface area contributed by atoms with Gasteiger partial charge in [-0.05, 0) is 125 Å². The lowest BCUT2D eigenvalue weighted by Gasteiger charge is -2.23. The van der Waals surface area contributed by atoms with Crippen LogP contribution < -0.4 is 0 Å². The molecule has 0 fully saturated rings. The number of benzene rings is 1. The van der Waals surface area contributed by atoms with E-state index in [4.69, 9.17) is 0 Å². The summed E-state index contributed by atoms with van der Waals surface area (Å²) in [6, 6.07) is 2.41. The zero-order chi connectivity index (χ0) is 29.2. The minimum Gasteiger partial charge on any atom is -0.202 e. The summed E-state index contributed by atoms with van der Waals surface area (Å²) in [5, 5.41) is 0. The average Bonchev–Trinajstić information content (AvgIpc) is 2.82. The normalized spacial score (nSPS) is 15.5. The van der Waals surface area contributed by atoms with Crippen LogP contribution >= 0.6 is 0 Å². The molecule has 0 saturated carbocycles. The first-order chi connectivity index (χ1) is 17.7. The van der Waals surface area contributed by atoms with Crippen molar-refractivity contribution in [1.29, 1.82) is 0 Å². The summed E-state index contributed by atoms with van der Waals surface area (Å²) in [6.45, 7) is 24.5. The lowest BCUT2D eigenvalue weighted by molar-refractivity contribution is 0.0634. The van der Waals surface area contributed by atoms with E-state index in [0.29, 0.717) is 11.8 Å². The number of rotatable bonds is 13. The number of alkyl halides is 2. The van der Waals surface area contributed by atoms with Crippen molar-refractivity contribution in [2.24, 2.45) is 5.92 Å². The molecule has 0 aliphatic heterocycles. The number of halogens is 2. The van der Waals surface area contributed by atoms with Crippen LogP contribution in [0.2, 0.25) is 0 Å². The fraction of sp³-hybridized carbons (Fsp3) is 0.556. The lowest BCUT2D eigenvalue weighted by Crippen LogP contribution is -2.11. The minimum absolute atomic E-state index is 0.115. The first kappa shape index (κ1) is 33.8. The van der Waals surface area contributed by atoms with Crippen LogP contribution in [-0.4, -0.2) is 5.92 Å². The monoisotopic (exact) mass is 524 g/mol. The Bertz CT molecular complexity index is 1080. The van der Waals surface area contributed by atoms with Gasteiger partial charge in [-0.3, -0.25) is 0 Å². The Labute approximate surface area is 233 Å². The maximum Gasteiger partial charge on any atom is 0.266 e. The van der Waals surface area contributed by atoms with Gasteiger partial charge < -0.3 is 0 Å². The van der Waals surface area contributed by atoms with Crippen molar-refractivity contribution in [3.05, 3.63) is 86.1 Å². The predicted molar refractivity (Wildman–Crippen MR) is 166 cm³/mol. The molecule has 1 aromatic rings. The number of allylic oxidation sites excluding steroid dienone is 9. The van der Waals surface area contributed by atoms with Crippen LogP contribution in [0.3, 0.4) is 0 Å². The molecule has 0 saturated heterocycles. The molecule has 0 heterocycles. The SMILES string of the molecule is C/C=C(\C=C(/C)C(C)(F)F)CCc1cc(C(C)CC)c(C)c(CCC)c1/C=C(C)/C(C)=C/C(C)C=C(C)C. The van der Waals surface area contributed by atoms with E-state index in [1.165, 1.54) is 51.5 Å². The van der Waals surface area contributed by atoms with Crippen LogP contribution in [0.5, 0.6) is 0 Å². The van der Waals surface area contributed by atoms with Gasteiger partial charge in [0.2, 0.25) is 0 Å². The van der Waals surface area contributed by atoms with Gasteiger partial charge in [-0.25, -0.2) is 8.78 Å². The van der Waals surface area contributed by atoms with E-state index < -0.39 is 5.92 Å². The molecule has 0 nitrogen and oxygen atoms in total. The molecule has 1 aromatic carbocycles. The first-order valence-electron chi connectivity index (χ1n) is 14.5. The number of hydrogen-bond donors (Lipinski definition) is 0. The summed E-state index contributed by atoms with van der Waals surface area (Å²) >= 11 is 0. The topological polar surface area (TPSA) is 0 Å². The van der Waals surface area contributed by atoms with Gasteiger partial charge >= 0.3 is 0 Å². The second-order valence-electron chi connectivity index (χ2n) is 11.6. The van der Waals surface area contributed by atoms with Gasteiger partial charge in [-0.15, -0.1) is 0 Å². The zero-order valence-electron chi connectivity index (χ0n) is 26.4. The molecule has 212 valence electrons. The molecule has 0 aliphatic carbocycles. The molecule has 0 aliphatic rings. The average molecular weight is 525 g/mol. The van der Waals surface area contributed by atoms with Crippen LogP contribution in [-0.2, 0) is 12.8 Å². The summed E-state index contributed by atoms with van der Waals surface area (Å²) in [6.07, 6.45) is 15.5. The van der Waals surface area contributed by atoms with Crippen molar-refractivity contribution >= 4 is 6.08 Å². The highest BCUT2D eigenvalue weighted by Gasteiger charge is 2.23. The molecule has 0 N–H and O–H groups in total. The van der Waals surface area contributed by atoms with E-state index in [2.05, 4.69) is 86.6 Å². The van der Waals surface area contributed by atoms with Crippen LogP contribution in [0.15, 0.2) is 58.2 Å². The van der Waals surface area contributed by atoms with Crippen molar-refractivity contribution in [3.63, 3.8) is 0 Å². The molecule has 2 unspecified atom stereocenters. The third-order valence-electron chi connectivity index (χ3n) is 7.77. The summed E-state index contributed by atoms with van der Waals surface area (Å²) in [5.41, 5.74) is 11.9. The van der Waals surface area contributed by atoms with Crippen molar-refractivity contribution < 1.29 is 8.78 Å². The fourth-order valence-corrected chi connectivity index (χ4v) is 5.05. The molecule has 1 rings (SSSR count). The largest absolute Gasteiger partial charge is 0.266 e. The van der Waals surface area contributed by atoms with Gasteiger partial charge in [0.15, 0.2) is 0 Å². The van der Waals surface area contributed by atoms with Crippen LogP contribution in [0.4, 0.5) is 8.78 Å². The minimum atomic E-state index is -2.80. The molecule has 0 radical (unpaired) electrons. The molecular formula is C36H54F2. The molecule has 2 heteroatoms. The quantitative estimate of drug-likeness (QED) is 0.178. The Kier molecular flexibility index (Phi) is 13.7. The Morgan fingerprint density at radius 1 is 0.974 bits per heavy atom. The van der Waals surface area contributed by atoms with E-state index in [0.717, 1.165) is 44.6 Å². The first-order valence-corrected chi connectivity index (χ1v) is 14.5. The number of aryl methyl sites for hydroxylation is 1. The van der Waals surface area contributed by atoms with Crippen LogP contribution in [0, 0.1) is 12.8 Å². The van der Waals surface area contributed by atoms with E-state index in [-0.39, 0.29) is 5.57 Å². The van der Waals surface area contributed by atoms with Gasteiger partial charge in [0.1, 0.15) is 0 Å². The van der Waals surface area contributed by atoms with E-state index >= 15 is 0 Å². The van der Waals surface area contributed by atoms with Crippen molar-refractivity contribution in [2.75, 3.05) is 0 Å². The predicted octanol–water partition coefficient (Wildman–Crippen LogP) is 11.9. The van der Waals surface area contributed by atoms with Gasteiger partial charge in [0.25, 0.3) is 5.92 Å². The summed E-state index contributed by atoms with van der Waals surface area (Å²) in [5.74, 6) is -1.93. The molecule has 0 bridgehead atoms. The summed E-state index contributed by atoms with van der Waals surface area (Å²) in [4.78, 5) is 0.